The Morgan fingerprint density at radius 2 is 0.827 bits per heavy atom. The number of unbranched alkanes of at least 4 members (excludes halogenated alkanes) is 4. The van der Waals surface area contributed by atoms with Crippen molar-refractivity contribution in [1.82, 2.24) is 0 Å². The zero-order chi connectivity index (χ0) is 36.5. The van der Waals surface area contributed by atoms with Gasteiger partial charge in [0.15, 0.2) is 0 Å². The van der Waals surface area contributed by atoms with Gasteiger partial charge in [0.1, 0.15) is 11.5 Å². The van der Waals surface area contributed by atoms with Crippen molar-refractivity contribution < 1.29 is 28.5 Å². The van der Waals surface area contributed by atoms with Crippen molar-refractivity contribution >= 4 is 55.4 Å². The van der Waals surface area contributed by atoms with Crippen molar-refractivity contribution in [3.05, 3.63) is 96.1 Å². The highest BCUT2D eigenvalue weighted by Gasteiger charge is 2.25. The Balaban J connectivity index is 1.72. The number of ether oxygens (including phenoxy) is 4. The summed E-state index contributed by atoms with van der Waals surface area (Å²) in [5.41, 5.74) is 4.54. The van der Waals surface area contributed by atoms with E-state index in [2.05, 4.69) is 62.4 Å². The van der Waals surface area contributed by atoms with Gasteiger partial charge in [-0.2, -0.15) is 0 Å². The average molecular weight is 699 g/mol. The Morgan fingerprint density at radius 1 is 0.442 bits per heavy atom. The molecule has 0 saturated heterocycles. The number of fused-ring (bicyclic) bond motifs is 4. The fourth-order valence-corrected chi connectivity index (χ4v) is 7.20. The van der Waals surface area contributed by atoms with E-state index in [-0.39, 0.29) is 13.2 Å². The molecule has 0 saturated carbocycles. The lowest BCUT2D eigenvalue weighted by molar-refractivity contribution is 0.0991. The predicted octanol–water partition coefficient (Wildman–Crippen LogP) is 13.3. The van der Waals surface area contributed by atoms with Crippen LogP contribution in [-0.2, 0) is 22.3 Å². The first kappa shape index (κ1) is 36.7. The van der Waals surface area contributed by atoms with Crippen LogP contribution in [0.25, 0.3) is 54.2 Å². The Labute approximate surface area is 307 Å². The molecule has 0 unspecified atom stereocenters. The molecule has 0 aromatic heterocycles. The molecule has 6 rings (SSSR count). The Hall–Kier alpha value is -5.10. The first-order valence-electron chi connectivity index (χ1n) is 19.1. The topological polar surface area (TPSA) is 71.1 Å². The van der Waals surface area contributed by atoms with Gasteiger partial charge in [0.2, 0.25) is 0 Å². The minimum Gasteiger partial charge on any atom is -0.434 e. The summed E-state index contributed by atoms with van der Waals surface area (Å²) in [6.07, 6.45) is 8.63. The van der Waals surface area contributed by atoms with E-state index in [1.165, 1.54) is 11.1 Å². The van der Waals surface area contributed by atoms with Gasteiger partial charge in [-0.15, -0.1) is 0 Å². The number of rotatable bonds is 15. The number of hydrogen-bond donors (Lipinski definition) is 0. The molecular formula is C46H50O6. The first-order chi connectivity index (χ1) is 25.5. The molecule has 0 N–H and O–H groups in total. The third kappa shape index (κ3) is 7.86. The van der Waals surface area contributed by atoms with Crippen LogP contribution in [0.15, 0.2) is 84.9 Å². The average Bonchev–Trinajstić information content (AvgIpc) is 3.17. The van der Waals surface area contributed by atoms with Crippen LogP contribution in [0, 0.1) is 0 Å². The van der Waals surface area contributed by atoms with Crippen molar-refractivity contribution in [3.8, 4) is 22.6 Å². The lowest BCUT2D eigenvalue weighted by Crippen LogP contribution is -2.12. The van der Waals surface area contributed by atoms with E-state index in [9.17, 15) is 9.59 Å². The van der Waals surface area contributed by atoms with Gasteiger partial charge in [0, 0.05) is 21.5 Å². The molecule has 0 fully saturated rings. The maximum atomic E-state index is 13.0. The first-order valence-corrected chi connectivity index (χ1v) is 19.1. The number of benzene rings is 6. The molecular weight excluding hydrogens is 648 g/mol. The molecule has 6 nitrogen and oxygen atoms in total. The largest absolute Gasteiger partial charge is 0.513 e. The standard InChI is InChI=1S/C46H50O6/c1-5-9-11-17-31-23-25-37-39(29-31)41(33-19-13-15-21-35(33)43(37)51-45(47)49-27-7-3)42-34-20-14-16-22-36(34)44(52-46(48)50-28-8-4)38-26-24-32(30-40(38)42)18-12-10-6-2/h13-16,19-26,29-30H,5-12,17-18,27-28H2,1-4H3. The van der Waals surface area contributed by atoms with Gasteiger partial charge in [0.25, 0.3) is 0 Å². The van der Waals surface area contributed by atoms with E-state index in [4.69, 9.17) is 18.9 Å². The molecule has 0 atom stereocenters. The third-order valence-electron chi connectivity index (χ3n) is 9.68. The zero-order valence-electron chi connectivity index (χ0n) is 31.0. The van der Waals surface area contributed by atoms with Crippen molar-refractivity contribution in [1.29, 1.82) is 0 Å². The summed E-state index contributed by atoms with van der Waals surface area (Å²) < 4.78 is 23.0. The maximum Gasteiger partial charge on any atom is 0.513 e. The molecule has 52 heavy (non-hydrogen) atoms. The quantitative estimate of drug-likeness (QED) is 0.0460. The smallest absolute Gasteiger partial charge is 0.434 e. The molecule has 0 aliphatic carbocycles. The van der Waals surface area contributed by atoms with E-state index in [0.29, 0.717) is 24.3 Å². The normalized spacial score (nSPS) is 11.4. The van der Waals surface area contributed by atoms with Gasteiger partial charge in [0.05, 0.1) is 13.2 Å². The summed E-state index contributed by atoms with van der Waals surface area (Å²) >= 11 is 0. The van der Waals surface area contributed by atoms with Gasteiger partial charge >= 0.3 is 12.3 Å². The summed E-state index contributed by atoms with van der Waals surface area (Å²) in [6.45, 7) is 8.92. The number of carbonyl (C=O) groups is 2. The molecule has 6 aromatic carbocycles. The lowest BCUT2D eigenvalue weighted by atomic mass is 9.84. The predicted molar refractivity (Wildman–Crippen MR) is 213 cm³/mol. The molecule has 0 radical (unpaired) electrons. The highest BCUT2D eigenvalue weighted by atomic mass is 16.7. The second kappa shape index (κ2) is 17.4. The van der Waals surface area contributed by atoms with E-state index in [1.54, 1.807) is 0 Å². The van der Waals surface area contributed by atoms with Crippen LogP contribution in [-0.4, -0.2) is 25.5 Å². The highest BCUT2D eigenvalue weighted by molar-refractivity contribution is 6.27. The summed E-state index contributed by atoms with van der Waals surface area (Å²) in [5, 5.41) is 7.20. The fourth-order valence-electron chi connectivity index (χ4n) is 7.20. The second-order valence-corrected chi connectivity index (χ2v) is 13.6. The van der Waals surface area contributed by atoms with E-state index < -0.39 is 12.3 Å². The van der Waals surface area contributed by atoms with Crippen molar-refractivity contribution in [2.75, 3.05) is 13.2 Å². The molecule has 0 aliphatic rings. The van der Waals surface area contributed by atoms with Crippen LogP contribution in [0.5, 0.6) is 11.5 Å². The second-order valence-electron chi connectivity index (χ2n) is 13.6. The third-order valence-corrected chi connectivity index (χ3v) is 9.68. The molecule has 0 bridgehead atoms. The van der Waals surface area contributed by atoms with Crippen LogP contribution in [0.2, 0.25) is 0 Å². The van der Waals surface area contributed by atoms with Gasteiger partial charge < -0.3 is 18.9 Å². The minimum atomic E-state index is -0.711. The molecule has 0 heterocycles. The molecule has 0 amide bonds. The zero-order valence-corrected chi connectivity index (χ0v) is 31.0. The van der Waals surface area contributed by atoms with E-state index in [1.807, 2.05) is 50.2 Å². The molecule has 0 spiro atoms. The molecule has 6 aromatic rings. The summed E-state index contributed by atoms with van der Waals surface area (Å²) in [7, 11) is 0. The van der Waals surface area contributed by atoms with E-state index in [0.717, 1.165) is 106 Å². The summed E-state index contributed by atoms with van der Waals surface area (Å²) in [5.74, 6) is 0.978. The number of carbonyl (C=O) groups excluding carboxylic acids is 2. The Morgan fingerprint density at radius 3 is 1.21 bits per heavy atom. The molecule has 0 aliphatic heterocycles. The van der Waals surface area contributed by atoms with Crippen molar-refractivity contribution in [2.24, 2.45) is 0 Å². The number of hydrogen-bond acceptors (Lipinski definition) is 6. The number of aryl methyl sites for hydroxylation is 2. The van der Waals surface area contributed by atoms with Crippen LogP contribution in [0.3, 0.4) is 0 Å². The SMILES string of the molecule is CCCCCc1ccc2c(OC(=O)OCCC)c3ccccc3c(-c3c4ccccc4c(OC(=O)OCCC)c4ccc(CCCCC)cc34)c2c1. The maximum absolute atomic E-state index is 13.0. The molecule has 270 valence electrons. The summed E-state index contributed by atoms with van der Waals surface area (Å²) in [4.78, 5) is 26.1. The van der Waals surface area contributed by atoms with Gasteiger partial charge in [-0.05, 0) is 82.3 Å². The Bertz CT molecular complexity index is 2040. The van der Waals surface area contributed by atoms with Crippen LogP contribution in [0.1, 0.15) is 90.2 Å². The summed E-state index contributed by atoms with van der Waals surface area (Å²) in [6, 6.07) is 29.3. The fraction of sp³-hybridized carbons (Fsp3) is 0.348. The van der Waals surface area contributed by atoms with Crippen molar-refractivity contribution in [3.63, 3.8) is 0 Å². The van der Waals surface area contributed by atoms with Gasteiger partial charge in [-0.1, -0.05) is 138 Å². The highest BCUT2D eigenvalue weighted by Crippen LogP contribution is 2.50. The van der Waals surface area contributed by atoms with Crippen LogP contribution < -0.4 is 9.47 Å². The lowest BCUT2D eigenvalue weighted by Gasteiger charge is -2.22. The van der Waals surface area contributed by atoms with Crippen LogP contribution in [0.4, 0.5) is 9.59 Å². The van der Waals surface area contributed by atoms with E-state index >= 15 is 0 Å². The monoisotopic (exact) mass is 698 g/mol. The van der Waals surface area contributed by atoms with Crippen molar-refractivity contribution in [2.45, 2.75) is 91.9 Å². The van der Waals surface area contributed by atoms with Gasteiger partial charge in [-0.25, -0.2) is 9.59 Å². The molecule has 6 heteroatoms. The minimum absolute atomic E-state index is 0.285. The van der Waals surface area contributed by atoms with Gasteiger partial charge in [-0.3, -0.25) is 0 Å². The Kier molecular flexibility index (Phi) is 12.3. The van der Waals surface area contributed by atoms with Crippen LogP contribution >= 0.6 is 0 Å².